The molecule has 0 radical (unpaired) electrons. The lowest BCUT2D eigenvalue weighted by Crippen LogP contribution is -2.23. The maximum absolute atomic E-state index is 4.15. The number of nitrogens with one attached hydrogen (secondary N) is 2. The van der Waals surface area contributed by atoms with E-state index in [0.29, 0.717) is 0 Å². The molecule has 0 aliphatic carbocycles. The number of rotatable bonds is 6. The number of hydrogen-bond acceptors (Lipinski definition) is 2. The maximum Gasteiger partial charge on any atom is 0.0997 e. The molecule has 0 unspecified atom stereocenters. The van der Waals surface area contributed by atoms with Crippen LogP contribution in [0.2, 0.25) is 0 Å². The molecule has 0 amide bonds. The quantitative estimate of drug-likeness (QED) is 0.430. The topological polar surface area (TPSA) is 36.4 Å². The van der Waals surface area contributed by atoms with Crippen LogP contribution in [0.3, 0.4) is 0 Å². The van der Waals surface area contributed by atoms with E-state index >= 15 is 0 Å². The van der Waals surface area contributed by atoms with Crippen LogP contribution in [0.15, 0.2) is 30.3 Å². The van der Waals surface area contributed by atoms with Gasteiger partial charge in [0.05, 0.1) is 5.84 Å². The third-order valence-corrected chi connectivity index (χ3v) is 1.92. The number of nitrogens with zero attached hydrogens (tertiary/aromatic N) is 1. The van der Waals surface area contributed by atoms with E-state index in [0.717, 1.165) is 38.2 Å². The molecule has 0 saturated carbocycles. The van der Waals surface area contributed by atoms with Crippen LogP contribution in [0, 0.1) is 0 Å². The van der Waals surface area contributed by atoms with Gasteiger partial charge in [-0.15, -0.1) is 13.2 Å². The second kappa shape index (κ2) is 36.1. The first-order chi connectivity index (χ1) is 9.76. The Balaban J connectivity index is -0.000000134. The van der Waals surface area contributed by atoms with Gasteiger partial charge in [-0.25, -0.2) is 0 Å². The number of hydrogen-bond donors (Lipinski definition) is 2. The van der Waals surface area contributed by atoms with Crippen molar-refractivity contribution < 1.29 is 0 Å². The highest BCUT2D eigenvalue weighted by atomic mass is 15.0. The van der Waals surface area contributed by atoms with Gasteiger partial charge >= 0.3 is 0 Å². The van der Waals surface area contributed by atoms with Gasteiger partial charge in [0.1, 0.15) is 0 Å². The van der Waals surface area contributed by atoms with E-state index in [2.05, 4.69) is 61.7 Å². The summed E-state index contributed by atoms with van der Waals surface area (Å²) in [5.41, 5.74) is 0. The number of amidine groups is 1. The Morgan fingerprint density at radius 3 is 1.90 bits per heavy atom. The zero-order valence-corrected chi connectivity index (χ0v) is 15.1. The van der Waals surface area contributed by atoms with E-state index in [1.165, 1.54) is 0 Å². The van der Waals surface area contributed by atoms with Crippen molar-refractivity contribution in [1.29, 1.82) is 0 Å². The molecule has 0 bridgehead atoms. The van der Waals surface area contributed by atoms with E-state index in [4.69, 9.17) is 0 Å². The monoisotopic (exact) mass is 285 g/mol. The highest BCUT2D eigenvalue weighted by molar-refractivity contribution is 5.83. The molecule has 0 atom stereocenters. The van der Waals surface area contributed by atoms with Crippen LogP contribution >= 0.6 is 0 Å². The van der Waals surface area contributed by atoms with E-state index in [1.807, 2.05) is 27.9 Å². The van der Waals surface area contributed by atoms with Crippen LogP contribution in [-0.4, -0.2) is 33.0 Å². The van der Waals surface area contributed by atoms with Gasteiger partial charge in [0.25, 0.3) is 0 Å². The zero-order valence-electron chi connectivity index (χ0n) is 15.1. The molecule has 0 heterocycles. The molecule has 3 heteroatoms. The van der Waals surface area contributed by atoms with Crippen molar-refractivity contribution in [2.24, 2.45) is 4.99 Å². The Labute approximate surface area is 128 Å². The van der Waals surface area contributed by atoms with Gasteiger partial charge in [0.15, 0.2) is 0 Å². The van der Waals surface area contributed by atoms with Crippen molar-refractivity contribution >= 4 is 5.84 Å². The third-order valence-electron chi connectivity index (χ3n) is 1.92. The highest BCUT2D eigenvalue weighted by Gasteiger charge is 1.91. The Kier molecular flexibility index (Phi) is 49.3. The second-order valence-corrected chi connectivity index (χ2v) is 3.39. The van der Waals surface area contributed by atoms with Crippen LogP contribution < -0.4 is 10.6 Å². The second-order valence-electron chi connectivity index (χ2n) is 3.39. The van der Waals surface area contributed by atoms with Crippen molar-refractivity contribution in [3.8, 4) is 0 Å². The lowest BCUT2D eigenvalue weighted by atomic mass is 10.3. The average Bonchev–Trinajstić information content (AvgIpc) is 2.55. The molecule has 0 aliphatic rings. The normalized spacial score (nSPS) is 9.45. The first-order valence-corrected chi connectivity index (χ1v) is 7.75. The fraction of sp³-hybridized carbons (Fsp3) is 0.706. The molecule has 3 nitrogen and oxygen atoms in total. The minimum atomic E-state index is 0.935. The van der Waals surface area contributed by atoms with Gasteiger partial charge in [-0.1, -0.05) is 46.8 Å². The molecule has 0 aliphatic heterocycles. The Morgan fingerprint density at radius 2 is 1.60 bits per heavy atom. The molecule has 0 rings (SSSR count). The standard InChI is InChI=1S/C10H20N2.C3H9N.C2H6.C2H4/c1-4-6-7-8-10(11-3)12-9-5-2;1-3-4-2;2*1-2/h6-7H,4-5,8-9H2,1-3H3,(H,11,12);4H,3H2,1-2H3;1-2H3;1-2H2/b7-6-;;;. The van der Waals surface area contributed by atoms with Gasteiger partial charge in [0.2, 0.25) is 0 Å². The van der Waals surface area contributed by atoms with E-state index in [1.54, 1.807) is 0 Å². The van der Waals surface area contributed by atoms with Gasteiger partial charge in [-0.3, -0.25) is 4.99 Å². The summed E-state index contributed by atoms with van der Waals surface area (Å²) in [6.07, 6.45) is 7.51. The Hall–Kier alpha value is -1.09. The molecule has 20 heavy (non-hydrogen) atoms. The molecule has 0 aromatic heterocycles. The van der Waals surface area contributed by atoms with Crippen LogP contribution in [0.5, 0.6) is 0 Å². The van der Waals surface area contributed by atoms with Gasteiger partial charge < -0.3 is 10.6 Å². The molecule has 0 spiro atoms. The summed E-state index contributed by atoms with van der Waals surface area (Å²) >= 11 is 0. The lowest BCUT2D eigenvalue weighted by molar-refractivity contribution is 0.829. The van der Waals surface area contributed by atoms with Crippen molar-refractivity contribution in [3.63, 3.8) is 0 Å². The smallest absolute Gasteiger partial charge is 0.0997 e. The average molecular weight is 286 g/mol. The van der Waals surface area contributed by atoms with Gasteiger partial charge in [-0.2, -0.15) is 0 Å². The predicted octanol–water partition coefficient (Wildman–Crippen LogP) is 4.42. The first kappa shape index (κ1) is 27.3. The van der Waals surface area contributed by atoms with Crippen LogP contribution in [0.1, 0.15) is 53.9 Å². The summed E-state index contributed by atoms with van der Waals surface area (Å²) in [6, 6.07) is 0. The summed E-state index contributed by atoms with van der Waals surface area (Å²) in [6.45, 7) is 18.5. The first-order valence-electron chi connectivity index (χ1n) is 7.75. The Bertz CT molecular complexity index is 185. The number of aliphatic imine (C=N–C) groups is 1. The molecular weight excluding hydrogens is 246 g/mol. The van der Waals surface area contributed by atoms with Crippen molar-refractivity contribution in [1.82, 2.24) is 10.6 Å². The van der Waals surface area contributed by atoms with Crippen molar-refractivity contribution in [2.75, 3.05) is 27.2 Å². The molecule has 122 valence electrons. The maximum atomic E-state index is 4.15. The van der Waals surface area contributed by atoms with E-state index < -0.39 is 0 Å². The zero-order chi connectivity index (χ0) is 16.6. The van der Waals surface area contributed by atoms with Crippen molar-refractivity contribution in [3.05, 3.63) is 25.3 Å². The summed E-state index contributed by atoms with van der Waals surface area (Å²) in [4.78, 5) is 4.15. The minimum Gasteiger partial charge on any atom is -0.374 e. The SMILES string of the molecule is C=C.CC.CC/C=C\CC(=NC)NCCC.CCNC. The third kappa shape index (κ3) is 36.0. The van der Waals surface area contributed by atoms with E-state index in [9.17, 15) is 0 Å². The predicted molar refractivity (Wildman–Crippen MR) is 97.9 cm³/mol. The van der Waals surface area contributed by atoms with Gasteiger partial charge in [-0.05, 0) is 26.4 Å². The highest BCUT2D eigenvalue weighted by Crippen LogP contribution is 1.88. The van der Waals surface area contributed by atoms with Crippen molar-refractivity contribution in [2.45, 2.75) is 53.9 Å². The summed E-state index contributed by atoms with van der Waals surface area (Å²) in [5.74, 6) is 1.08. The summed E-state index contributed by atoms with van der Waals surface area (Å²) in [5, 5.41) is 6.21. The molecular formula is C17H39N3. The summed E-state index contributed by atoms with van der Waals surface area (Å²) < 4.78 is 0. The molecule has 0 aromatic carbocycles. The number of allylic oxidation sites excluding steroid dienone is 1. The summed E-state index contributed by atoms with van der Waals surface area (Å²) in [7, 11) is 3.76. The molecule has 0 aromatic rings. The fourth-order valence-corrected chi connectivity index (χ4v) is 0.873. The van der Waals surface area contributed by atoms with Crippen LogP contribution in [0.4, 0.5) is 0 Å². The fourth-order valence-electron chi connectivity index (χ4n) is 0.873. The minimum absolute atomic E-state index is 0.935. The van der Waals surface area contributed by atoms with E-state index in [-0.39, 0.29) is 0 Å². The van der Waals surface area contributed by atoms with Crippen LogP contribution in [-0.2, 0) is 0 Å². The van der Waals surface area contributed by atoms with Crippen LogP contribution in [0.25, 0.3) is 0 Å². The lowest BCUT2D eigenvalue weighted by Gasteiger charge is -2.04. The van der Waals surface area contributed by atoms with Gasteiger partial charge in [0, 0.05) is 20.0 Å². The molecule has 0 saturated heterocycles. The molecule has 2 N–H and O–H groups in total. The molecule has 0 fully saturated rings. The largest absolute Gasteiger partial charge is 0.374 e. The Morgan fingerprint density at radius 1 is 1.10 bits per heavy atom.